The average Bonchev–Trinajstić information content (AvgIpc) is 2.19. The molecule has 0 amide bonds. The van der Waals surface area contributed by atoms with Gasteiger partial charge in [-0.2, -0.15) is 0 Å². The van der Waals surface area contributed by atoms with Crippen molar-refractivity contribution in [2.75, 3.05) is 25.9 Å². The van der Waals surface area contributed by atoms with E-state index >= 15 is 0 Å². The summed E-state index contributed by atoms with van der Waals surface area (Å²) in [6.07, 6.45) is 2.71. The van der Waals surface area contributed by atoms with Crippen LogP contribution < -0.4 is 10.0 Å². The maximum atomic E-state index is 11.5. The topological polar surface area (TPSA) is 58.2 Å². The average molecular weight is 236 g/mol. The monoisotopic (exact) mass is 236 g/mol. The van der Waals surface area contributed by atoms with E-state index in [0.717, 1.165) is 19.4 Å². The van der Waals surface area contributed by atoms with Gasteiger partial charge in [-0.05, 0) is 25.9 Å². The lowest BCUT2D eigenvalue weighted by atomic mass is 10.0. The molecule has 92 valence electrons. The molecule has 0 unspecified atom stereocenters. The first-order valence-corrected chi connectivity index (χ1v) is 7.32. The van der Waals surface area contributed by atoms with Crippen LogP contribution in [0.1, 0.15) is 33.1 Å². The molecule has 0 aliphatic heterocycles. The van der Waals surface area contributed by atoms with Crippen LogP contribution in [-0.2, 0) is 10.0 Å². The minimum atomic E-state index is -3.06. The van der Waals surface area contributed by atoms with Crippen LogP contribution in [0.2, 0.25) is 0 Å². The summed E-state index contributed by atoms with van der Waals surface area (Å²) in [7, 11) is -1.24. The Bertz CT molecular complexity index is 236. The van der Waals surface area contributed by atoms with Gasteiger partial charge in [0, 0.05) is 6.54 Å². The molecule has 0 aliphatic rings. The molecule has 0 aromatic rings. The molecule has 0 radical (unpaired) electrons. The van der Waals surface area contributed by atoms with Crippen LogP contribution in [0.3, 0.4) is 0 Å². The smallest absolute Gasteiger partial charge is 0.211 e. The molecular formula is C10H24N2O2S. The van der Waals surface area contributed by atoms with Gasteiger partial charge < -0.3 is 5.32 Å². The van der Waals surface area contributed by atoms with Crippen molar-refractivity contribution in [3.63, 3.8) is 0 Å². The highest BCUT2D eigenvalue weighted by Gasteiger charge is 2.11. The van der Waals surface area contributed by atoms with Crippen LogP contribution in [-0.4, -0.2) is 34.3 Å². The summed E-state index contributed by atoms with van der Waals surface area (Å²) in [4.78, 5) is 0. The Balaban J connectivity index is 3.82. The molecular weight excluding hydrogens is 212 g/mol. The van der Waals surface area contributed by atoms with Gasteiger partial charge in [0.15, 0.2) is 0 Å². The molecule has 2 N–H and O–H groups in total. The van der Waals surface area contributed by atoms with Gasteiger partial charge in [-0.1, -0.05) is 26.7 Å². The molecule has 0 atom stereocenters. The largest absolute Gasteiger partial charge is 0.320 e. The zero-order valence-electron chi connectivity index (χ0n) is 10.0. The Kier molecular flexibility index (Phi) is 8.00. The van der Waals surface area contributed by atoms with Gasteiger partial charge in [0.25, 0.3) is 0 Å². The minimum Gasteiger partial charge on any atom is -0.320 e. The second kappa shape index (κ2) is 8.07. The lowest BCUT2D eigenvalue weighted by Crippen LogP contribution is -2.31. The van der Waals surface area contributed by atoms with E-state index in [9.17, 15) is 8.42 Å². The number of sulfonamides is 1. The summed E-state index contributed by atoms with van der Waals surface area (Å²) in [5.41, 5.74) is 0. The van der Waals surface area contributed by atoms with E-state index in [1.54, 1.807) is 0 Å². The van der Waals surface area contributed by atoms with E-state index in [1.807, 2.05) is 7.05 Å². The van der Waals surface area contributed by atoms with E-state index in [2.05, 4.69) is 23.9 Å². The summed E-state index contributed by atoms with van der Waals surface area (Å²) < 4.78 is 25.7. The van der Waals surface area contributed by atoms with E-state index < -0.39 is 10.0 Å². The Morgan fingerprint density at radius 3 is 2.27 bits per heavy atom. The Morgan fingerprint density at radius 1 is 1.20 bits per heavy atom. The number of hydrogen-bond acceptors (Lipinski definition) is 3. The van der Waals surface area contributed by atoms with Crippen LogP contribution in [0.4, 0.5) is 0 Å². The zero-order chi connectivity index (χ0) is 11.7. The molecule has 5 heteroatoms. The first kappa shape index (κ1) is 14.9. The molecule has 4 nitrogen and oxygen atoms in total. The van der Waals surface area contributed by atoms with Crippen molar-refractivity contribution in [2.24, 2.45) is 5.92 Å². The first-order valence-electron chi connectivity index (χ1n) is 5.67. The van der Waals surface area contributed by atoms with E-state index in [4.69, 9.17) is 0 Å². The second-order valence-corrected chi connectivity index (χ2v) is 5.73. The summed E-state index contributed by atoms with van der Waals surface area (Å²) in [6, 6.07) is 0. The lowest BCUT2D eigenvalue weighted by Gasteiger charge is -2.13. The molecule has 0 aromatic carbocycles. The summed E-state index contributed by atoms with van der Waals surface area (Å²) in [5.74, 6) is 0.678. The molecule has 0 aromatic heterocycles. The van der Waals surface area contributed by atoms with E-state index in [1.165, 1.54) is 0 Å². The predicted molar refractivity (Wildman–Crippen MR) is 64.4 cm³/mol. The van der Waals surface area contributed by atoms with Crippen molar-refractivity contribution in [1.29, 1.82) is 0 Å². The molecule has 0 spiro atoms. The highest BCUT2D eigenvalue weighted by atomic mass is 32.2. The van der Waals surface area contributed by atoms with Gasteiger partial charge in [0.2, 0.25) is 10.0 Å². The highest BCUT2D eigenvalue weighted by molar-refractivity contribution is 7.89. The third-order valence-electron chi connectivity index (χ3n) is 2.59. The SMILES string of the molecule is CCC(CC)CNS(=O)(=O)CCCNC. The Hall–Kier alpha value is -0.130. The van der Waals surface area contributed by atoms with Crippen LogP contribution >= 0.6 is 0 Å². The first-order chi connectivity index (χ1) is 7.05. The van der Waals surface area contributed by atoms with Crippen molar-refractivity contribution in [1.82, 2.24) is 10.0 Å². The number of rotatable bonds is 9. The second-order valence-electron chi connectivity index (χ2n) is 3.81. The van der Waals surface area contributed by atoms with Crippen LogP contribution in [0.5, 0.6) is 0 Å². The maximum absolute atomic E-state index is 11.5. The minimum absolute atomic E-state index is 0.216. The quantitative estimate of drug-likeness (QED) is 0.586. The summed E-state index contributed by atoms with van der Waals surface area (Å²) in [6.45, 7) is 5.49. The van der Waals surface area contributed by atoms with Crippen molar-refractivity contribution < 1.29 is 8.42 Å². The lowest BCUT2D eigenvalue weighted by molar-refractivity contribution is 0.478. The van der Waals surface area contributed by atoms with Crippen molar-refractivity contribution in [3.05, 3.63) is 0 Å². The van der Waals surface area contributed by atoms with Gasteiger partial charge in [-0.25, -0.2) is 13.1 Å². The molecule has 0 saturated carbocycles. The molecule has 0 bridgehead atoms. The van der Waals surface area contributed by atoms with E-state index in [-0.39, 0.29) is 5.75 Å². The fourth-order valence-electron chi connectivity index (χ4n) is 1.33. The molecule has 0 saturated heterocycles. The predicted octanol–water partition coefficient (Wildman–Crippen LogP) is 0.952. The van der Waals surface area contributed by atoms with E-state index in [0.29, 0.717) is 18.9 Å². The normalized spacial score (nSPS) is 12.3. The molecule has 15 heavy (non-hydrogen) atoms. The summed E-state index contributed by atoms with van der Waals surface area (Å²) in [5, 5.41) is 2.94. The van der Waals surface area contributed by atoms with Gasteiger partial charge in [-0.3, -0.25) is 0 Å². The molecule has 0 heterocycles. The molecule has 0 aliphatic carbocycles. The third-order valence-corrected chi connectivity index (χ3v) is 4.02. The van der Waals surface area contributed by atoms with Crippen molar-refractivity contribution >= 4 is 10.0 Å². The van der Waals surface area contributed by atoms with Gasteiger partial charge in [0.1, 0.15) is 0 Å². The number of hydrogen-bond donors (Lipinski definition) is 2. The van der Waals surface area contributed by atoms with Crippen LogP contribution in [0.25, 0.3) is 0 Å². The Labute approximate surface area is 93.9 Å². The highest BCUT2D eigenvalue weighted by Crippen LogP contribution is 2.05. The fourth-order valence-corrected chi connectivity index (χ4v) is 2.49. The Morgan fingerprint density at radius 2 is 1.80 bits per heavy atom. The third kappa shape index (κ3) is 7.76. The van der Waals surface area contributed by atoms with Crippen molar-refractivity contribution in [2.45, 2.75) is 33.1 Å². The zero-order valence-corrected chi connectivity index (χ0v) is 10.9. The standard InChI is InChI=1S/C10H24N2O2S/c1-4-10(5-2)9-12-15(13,14)8-6-7-11-3/h10-12H,4-9H2,1-3H3. The van der Waals surface area contributed by atoms with Crippen molar-refractivity contribution in [3.8, 4) is 0 Å². The maximum Gasteiger partial charge on any atom is 0.211 e. The van der Waals surface area contributed by atoms with Gasteiger partial charge in [-0.15, -0.1) is 0 Å². The summed E-state index contributed by atoms with van der Waals surface area (Å²) >= 11 is 0. The number of nitrogens with one attached hydrogen (secondary N) is 2. The molecule has 0 rings (SSSR count). The molecule has 0 fully saturated rings. The fraction of sp³-hybridized carbons (Fsp3) is 1.00. The van der Waals surface area contributed by atoms with Gasteiger partial charge in [0.05, 0.1) is 5.75 Å². The van der Waals surface area contributed by atoms with Crippen LogP contribution in [0.15, 0.2) is 0 Å². The van der Waals surface area contributed by atoms with Gasteiger partial charge >= 0.3 is 0 Å². The van der Waals surface area contributed by atoms with Crippen LogP contribution in [0, 0.1) is 5.92 Å².